The fraction of sp³-hybridized carbons (Fsp3) is 0.707. The SMILES string of the molecule is CC/C=C\C/C=C\CC(O)/C=C/C=C\C/C=C\CCCC(=O)OC[C@H](COP(=O)(O)O)OC(=O)CCCCCCCCCCCCCCCCC. The van der Waals surface area contributed by atoms with Gasteiger partial charge in [0.25, 0.3) is 0 Å². The summed E-state index contributed by atoms with van der Waals surface area (Å²) in [5, 5.41) is 9.97. The van der Waals surface area contributed by atoms with E-state index in [1.807, 2.05) is 42.5 Å². The lowest BCUT2D eigenvalue weighted by molar-refractivity contribution is -0.161. The standard InChI is InChI=1S/C41H71O9P/c1-3-5-7-9-11-12-13-14-15-16-17-18-23-27-31-35-41(44)50-39(37-49-51(45,46)47)36-48-40(43)34-30-26-22-20-19-21-25-29-33-38(42)32-28-24-10-8-6-4-2/h6,8,20-22,24-25,28-29,33,38-39,42H,3-5,7,9-19,23,26-27,30-32,34-37H2,1-2H3,(H2,45,46,47)/b8-6-,22-20-,25-21-,28-24-,33-29+/t38?,39-/m1/s1. The van der Waals surface area contributed by atoms with E-state index < -0.39 is 38.6 Å². The van der Waals surface area contributed by atoms with Crippen LogP contribution in [0.1, 0.15) is 162 Å². The third-order valence-electron chi connectivity index (χ3n) is 8.13. The van der Waals surface area contributed by atoms with Gasteiger partial charge in [-0.25, -0.2) is 4.57 Å². The van der Waals surface area contributed by atoms with E-state index in [1.165, 1.54) is 70.6 Å². The van der Waals surface area contributed by atoms with E-state index in [1.54, 1.807) is 6.08 Å². The second-order valence-electron chi connectivity index (χ2n) is 13.1. The molecule has 0 radical (unpaired) electrons. The van der Waals surface area contributed by atoms with E-state index in [4.69, 9.17) is 19.3 Å². The Morgan fingerprint density at radius 2 is 1.18 bits per heavy atom. The predicted molar refractivity (Wildman–Crippen MR) is 208 cm³/mol. The maximum absolute atomic E-state index is 12.4. The minimum absolute atomic E-state index is 0.156. The van der Waals surface area contributed by atoms with Crippen molar-refractivity contribution in [2.45, 2.75) is 174 Å². The summed E-state index contributed by atoms with van der Waals surface area (Å²) in [6.07, 6.45) is 41.2. The number of aliphatic hydroxyl groups is 1. The summed E-state index contributed by atoms with van der Waals surface area (Å²) in [6, 6.07) is 0. The number of allylic oxidation sites excluding steroid dienone is 8. The number of aliphatic hydroxyl groups excluding tert-OH is 1. The molecule has 294 valence electrons. The Kier molecular flexibility index (Phi) is 34.5. The fourth-order valence-electron chi connectivity index (χ4n) is 5.20. The molecular formula is C41H71O9P. The molecule has 0 saturated heterocycles. The van der Waals surface area contributed by atoms with Crippen LogP contribution in [-0.2, 0) is 28.2 Å². The fourth-order valence-corrected chi connectivity index (χ4v) is 5.56. The quantitative estimate of drug-likeness (QED) is 0.0190. The van der Waals surface area contributed by atoms with Crippen LogP contribution in [-0.4, -0.2) is 52.3 Å². The average Bonchev–Trinajstić information content (AvgIpc) is 3.09. The van der Waals surface area contributed by atoms with Crippen molar-refractivity contribution in [1.82, 2.24) is 0 Å². The van der Waals surface area contributed by atoms with Crippen molar-refractivity contribution in [2.24, 2.45) is 0 Å². The summed E-state index contributed by atoms with van der Waals surface area (Å²) in [6.45, 7) is 3.44. The Bertz CT molecular complexity index is 1030. The van der Waals surface area contributed by atoms with Gasteiger partial charge >= 0.3 is 19.8 Å². The number of rotatable bonds is 35. The molecule has 3 N–H and O–H groups in total. The van der Waals surface area contributed by atoms with Crippen LogP contribution in [0.3, 0.4) is 0 Å². The molecule has 0 aliphatic carbocycles. The van der Waals surface area contributed by atoms with Gasteiger partial charge in [-0.15, -0.1) is 0 Å². The summed E-state index contributed by atoms with van der Waals surface area (Å²) >= 11 is 0. The normalized spacial score (nSPS) is 13.7. The Labute approximate surface area is 309 Å². The van der Waals surface area contributed by atoms with Crippen LogP contribution in [0.15, 0.2) is 60.8 Å². The van der Waals surface area contributed by atoms with Crippen LogP contribution in [0.2, 0.25) is 0 Å². The number of hydrogen-bond acceptors (Lipinski definition) is 7. The first-order chi connectivity index (χ1) is 24.7. The Morgan fingerprint density at radius 1 is 0.627 bits per heavy atom. The Hall–Kier alpha value is -2.29. The van der Waals surface area contributed by atoms with E-state index in [9.17, 15) is 19.3 Å². The van der Waals surface area contributed by atoms with Crippen LogP contribution >= 0.6 is 7.82 Å². The van der Waals surface area contributed by atoms with Crippen molar-refractivity contribution in [2.75, 3.05) is 13.2 Å². The summed E-state index contributed by atoms with van der Waals surface area (Å²) in [7, 11) is -4.78. The molecule has 0 aromatic heterocycles. The molecule has 9 nitrogen and oxygen atoms in total. The second kappa shape index (κ2) is 36.1. The number of unbranched alkanes of at least 4 members (excludes halogenated alkanes) is 15. The highest BCUT2D eigenvalue weighted by Crippen LogP contribution is 2.36. The number of carbonyl (C=O) groups is 2. The molecule has 0 amide bonds. The number of phosphoric acid groups is 1. The van der Waals surface area contributed by atoms with Crippen LogP contribution in [0, 0.1) is 0 Å². The van der Waals surface area contributed by atoms with E-state index in [-0.39, 0.29) is 19.4 Å². The van der Waals surface area contributed by atoms with E-state index in [0.717, 1.165) is 38.5 Å². The van der Waals surface area contributed by atoms with Crippen LogP contribution in [0.4, 0.5) is 0 Å². The maximum atomic E-state index is 12.4. The zero-order valence-electron chi connectivity index (χ0n) is 31.8. The number of ether oxygens (including phenoxy) is 2. The third kappa shape index (κ3) is 38.8. The third-order valence-corrected chi connectivity index (χ3v) is 8.62. The zero-order valence-corrected chi connectivity index (χ0v) is 32.7. The molecule has 0 heterocycles. The lowest BCUT2D eigenvalue weighted by Gasteiger charge is -2.18. The summed E-state index contributed by atoms with van der Waals surface area (Å²) in [4.78, 5) is 42.7. The maximum Gasteiger partial charge on any atom is 0.469 e. The van der Waals surface area contributed by atoms with Crippen molar-refractivity contribution in [3.63, 3.8) is 0 Å². The molecule has 0 aliphatic rings. The number of esters is 2. The highest BCUT2D eigenvalue weighted by atomic mass is 31.2. The van der Waals surface area contributed by atoms with Crippen molar-refractivity contribution >= 4 is 19.8 Å². The molecule has 0 saturated carbocycles. The van der Waals surface area contributed by atoms with Gasteiger partial charge in [-0.2, -0.15) is 0 Å². The van der Waals surface area contributed by atoms with Crippen LogP contribution in [0.25, 0.3) is 0 Å². The second-order valence-corrected chi connectivity index (χ2v) is 14.3. The Balaban J connectivity index is 4.11. The molecule has 51 heavy (non-hydrogen) atoms. The number of phosphoric ester groups is 1. The molecule has 10 heteroatoms. The summed E-state index contributed by atoms with van der Waals surface area (Å²) in [5.41, 5.74) is 0. The van der Waals surface area contributed by atoms with Crippen molar-refractivity contribution in [3.8, 4) is 0 Å². The van der Waals surface area contributed by atoms with Gasteiger partial charge in [0.1, 0.15) is 6.61 Å². The minimum atomic E-state index is -4.78. The monoisotopic (exact) mass is 738 g/mol. The smallest absolute Gasteiger partial charge is 0.462 e. The minimum Gasteiger partial charge on any atom is -0.462 e. The van der Waals surface area contributed by atoms with Gasteiger partial charge in [0.15, 0.2) is 6.10 Å². The number of carbonyl (C=O) groups excluding carboxylic acids is 2. The van der Waals surface area contributed by atoms with Gasteiger partial charge in [0.2, 0.25) is 0 Å². The molecule has 0 fully saturated rings. The van der Waals surface area contributed by atoms with Crippen LogP contribution < -0.4 is 0 Å². The highest BCUT2D eigenvalue weighted by molar-refractivity contribution is 7.46. The highest BCUT2D eigenvalue weighted by Gasteiger charge is 2.22. The molecule has 0 spiro atoms. The van der Waals surface area contributed by atoms with Crippen molar-refractivity contribution in [3.05, 3.63) is 60.8 Å². The zero-order chi connectivity index (χ0) is 37.7. The summed E-state index contributed by atoms with van der Waals surface area (Å²) in [5.74, 6) is -0.993. The molecule has 0 rings (SSSR count). The van der Waals surface area contributed by atoms with E-state index in [0.29, 0.717) is 25.7 Å². The first-order valence-electron chi connectivity index (χ1n) is 19.7. The van der Waals surface area contributed by atoms with Crippen molar-refractivity contribution in [1.29, 1.82) is 0 Å². The lowest BCUT2D eigenvalue weighted by Crippen LogP contribution is -2.29. The first-order valence-corrected chi connectivity index (χ1v) is 21.2. The number of hydrogen-bond donors (Lipinski definition) is 3. The van der Waals surface area contributed by atoms with Gasteiger partial charge in [-0.05, 0) is 44.9 Å². The van der Waals surface area contributed by atoms with Gasteiger partial charge < -0.3 is 24.4 Å². The van der Waals surface area contributed by atoms with Crippen LogP contribution in [0.5, 0.6) is 0 Å². The molecule has 0 aromatic rings. The molecule has 2 atom stereocenters. The molecule has 0 aliphatic heterocycles. The van der Waals surface area contributed by atoms with E-state index >= 15 is 0 Å². The molecule has 0 bridgehead atoms. The lowest BCUT2D eigenvalue weighted by atomic mass is 10.0. The van der Waals surface area contributed by atoms with Gasteiger partial charge in [-0.1, -0.05) is 164 Å². The Morgan fingerprint density at radius 3 is 1.78 bits per heavy atom. The molecule has 0 aromatic carbocycles. The molecule has 1 unspecified atom stereocenters. The van der Waals surface area contributed by atoms with E-state index in [2.05, 4.69) is 30.5 Å². The summed E-state index contributed by atoms with van der Waals surface area (Å²) < 4.78 is 26.3. The average molecular weight is 739 g/mol. The topological polar surface area (TPSA) is 140 Å². The first kappa shape index (κ1) is 48.7. The largest absolute Gasteiger partial charge is 0.469 e. The van der Waals surface area contributed by atoms with Gasteiger partial charge in [0, 0.05) is 12.8 Å². The van der Waals surface area contributed by atoms with Crippen molar-refractivity contribution < 1.29 is 43.0 Å². The predicted octanol–water partition coefficient (Wildman–Crippen LogP) is 10.7. The van der Waals surface area contributed by atoms with Gasteiger partial charge in [-0.3, -0.25) is 14.1 Å². The molecular weight excluding hydrogens is 667 g/mol. The van der Waals surface area contributed by atoms with Gasteiger partial charge in [0.05, 0.1) is 12.7 Å².